The van der Waals surface area contributed by atoms with Crippen molar-refractivity contribution in [3.8, 4) is 6.07 Å². The Balaban J connectivity index is 1.91. The first-order valence-electron chi connectivity index (χ1n) is 6.80. The average Bonchev–Trinajstić information content (AvgIpc) is 2.53. The van der Waals surface area contributed by atoms with E-state index in [1.807, 2.05) is 6.07 Å². The van der Waals surface area contributed by atoms with Crippen LogP contribution in [0, 0.1) is 11.3 Å². The zero-order valence-electron chi connectivity index (χ0n) is 12.0. The molecule has 0 heterocycles. The lowest BCUT2D eigenvalue weighted by atomic mass is 10.1. The van der Waals surface area contributed by atoms with Gasteiger partial charge in [-0.1, -0.05) is 24.3 Å². The molecular weight excluding hydrogens is 305 g/mol. The number of nitrogens with one attached hydrogen (secondary N) is 1. The van der Waals surface area contributed by atoms with Gasteiger partial charge in [0.25, 0.3) is 0 Å². The Morgan fingerprint density at radius 2 is 1.78 bits per heavy atom. The fourth-order valence-electron chi connectivity index (χ4n) is 2.01. The Morgan fingerprint density at radius 3 is 2.39 bits per heavy atom. The summed E-state index contributed by atoms with van der Waals surface area (Å²) >= 11 is 0. The molecule has 0 saturated heterocycles. The summed E-state index contributed by atoms with van der Waals surface area (Å²) in [6.07, 6.45) is -4.39. The van der Waals surface area contributed by atoms with Crippen molar-refractivity contribution in [1.29, 1.82) is 5.26 Å². The van der Waals surface area contributed by atoms with Crippen LogP contribution in [0.15, 0.2) is 48.5 Å². The van der Waals surface area contributed by atoms with Gasteiger partial charge in [0.1, 0.15) is 0 Å². The normalized spacial score (nSPS) is 10.9. The lowest BCUT2D eigenvalue weighted by Crippen LogP contribution is -2.24. The summed E-state index contributed by atoms with van der Waals surface area (Å²) in [4.78, 5) is 11.8. The zero-order chi connectivity index (χ0) is 16.9. The highest BCUT2D eigenvalue weighted by Gasteiger charge is 2.29. The highest BCUT2D eigenvalue weighted by molar-refractivity contribution is 5.78. The molecule has 2 aromatic carbocycles. The van der Waals surface area contributed by atoms with Gasteiger partial charge in [-0.15, -0.1) is 0 Å². The Labute approximate surface area is 131 Å². The van der Waals surface area contributed by atoms with Crippen molar-refractivity contribution >= 4 is 5.91 Å². The number of rotatable bonds is 4. The molecule has 0 bridgehead atoms. The molecule has 0 spiro atoms. The van der Waals surface area contributed by atoms with Crippen molar-refractivity contribution in [3.63, 3.8) is 0 Å². The second kappa shape index (κ2) is 6.97. The molecule has 3 nitrogen and oxygen atoms in total. The third-order valence-corrected chi connectivity index (χ3v) is 3.19. The second-order valence-corrected chi connectivity index (χ2v) is 4.96. The van der Waals surface area contributed by atoms with E-state index < -0.39 is 11.7 Å². The number of hydrogen-bond donors (Lipinski definition) is 1. The highest BCUT2D eigenvalue weighted by Crippen LogP contribution is 2.29. The first-order valence-corrected chi connectivity index (χ1v) is 6.80. The van der Waals surface area contributed by atoms with Crippen LogP contribution in [-0.4, -0.2) is 5.91 Å². The molecule has 0 atom stereocenters. The molecule has 23 heavy (non-hydrogen) atoms. The van der Waals surface area contributed by atoms with E-state index in [0.29, 0.717) is 11.1 Å². The summed E-state index contributed by atoms with van der Waals surface area (Å²) in [6, 6.07) is 13.3. The molecule has 0 aromatic heterocycles. The van der Waals surface area contributed by atoms with Crippen molar-refractivity contribution in [2.45, 2.75) is 19.1 Å². The number of nitrogens with zero attached hydrogens (tertiary/aromatic N) is 1. The van der Waals surface area contributed by atoms with Crippen molar-refractivity contribution in [2.75, 3.05) is 0 Å². The van der Waals surface area contributed by atoms with Gasteiger partial charge in [0.15, 0.2) is 0 Å². The van der Waals surface area contributed by atoms with Gasteiger partial charge < -0.3 is 5.32 Å². The third kappa shape index (κ3) is 4.85. The van der Waals surface area contributed by atoms with Gasteiger partial charge in [-0.25, -0.2) is 0 Å². The number of carbonyl (C=O) groups is 1. The quantitative estimate of drug-likeness (QED) is 0.939. The lowest BCUT2D eigenvalue weighted by Gasteiger charge is -2.08. The van der Waals surface area contributed by atoms with Crippen LogP contribution in [0.3, 0.4) is 0 Å². The van der Waals surface area contributed by atoms with Gasteiger partial charge in [-0.05, 0) is 35.4 Å². The van der Waals surface area contributed by atoms with Crippen molar-refractivity contribution in [2.24, 2.45) is 0 Å². The van der Waals surface area contributed by atoms with Crippen LogP contribution >= 0.6 is 0 Å². The Kier molecular flexibility index (Phi) is 5.02. The summed E-state index contributed by atoms with van der Waals surface area (Å²) in [5.74, 6) is -0.299. The first-order chi connectivity index (χ1) is 10.9. The number of carbonyl (C=O) groups excluding carboxylic acids is 1. The van der Waals surface area contributed by atoms with Crippen LogP contribution in [0.25, 0.3) is 0 Å². The number of halogens is 3. The van der Waals surface area contributed by atoms with E-state index >= 15 is 0 Å². The molecule has 0 aliphatic heterocycles. The number of benzene rings is 2. The summed E-state index contributed by atoms with van der Waals surface area (Å²) in [5, 5.41) is 11.5. The van der Waals surface area contributed by atoms with Crippen LogP contribution in [0.2, 0.25) is 0 Å². The molecule has 0 aliphatic rings. The van der Waals surface area contributed by atoms with E-state index in [1.165, 1.54) is 12.1 Å². The van der Waals surface area contributed by atoms with Gasteiger partial charge in [-0.3, -0.25) is 4.79 Å². The van der Waals surface area contributed by atoms with Crippen LogP contribution in [-0.2, 0) is 23.9 Å². The second-order valence-electron chi connectivity index (χ2n) is 4.96. The van der Waals surface area contributed by atoms with Crippen molar-refractivity contribution in [3.05, 3.63) is 70.8 Å². The fraction of sp³-hybridized carbons (Fsp3) is 0.176. The summed E-state index contributed by atoms with van der Waals surface area (Å²) in [5.41, 5.74) is 1.04. The van der Waals surface area contributed by atoms with E-state index in [1.54, 1.807) is 24.3 Å². The molecule has 2 rings (SSSR count). The first kappa shape index (κ1) is 16.6. The van der Waals surface area contributed by atoms with Crippen LogP contribution < -0.4 is 5.32 Å². The van der Waals surface area contributed by atoms with E-state index in [9.17, 15) is 18.0 Å². The molecule has 0 aliphatic carbocycles. The molecule has 0 unspecified atom stereocenters. The smallest absolute Gasteiger partial charge is 0.352 e. The molecule has 1 N–H and O–H groups in total. The summed E-state index contributed by atoms with van der Waals surface area (Å²) in [6.45, 7) is 0.259. The van der Waals surface area contributed by atoms with Crippen LogP contribution in [0.5, 0.6) is 0 Å². The maximum Gasteiger partial charge on any atom is 0.416 e. The molecule has 0 saturated carbocycles. The van der Waals surface area contributed by atoms with Crippen LogP contribution in [0.4, 0.5) is 13.2 Å². The fourth-order valence-corrected chi connectivity index (χ4v) is 2.01. The minimum absolute atomic E-state index is 0.00389. The topological polar surface area (TPSA) is 52.9 Å². The minimum Gasteiger partial charge on any atom is -0.352 e. The van der Waals surface area contributed by atoms with E-state index in [0.717, 1.165) is 17.7 Å². The molecule has 0 radical (unpaired) electrons. The molecule has 6 heteroatoms. The average molecular weight is 318 g/mol. The van der Waals surface area contributed by atoms with E-state index in [4.69, 9.17) is 5.26 Å². The van der Waals surface area contributed by atoms with Gasteiger partial charge >= 0.3 is 6.18 Å². The van der Waals surface area contributed by atoms with Gasteiger partial charge in [0.05, 0.1) is 23.6 Å². The largest absolute Gasteiger partial charge is 0.416 e. The minimum atomic E-state index is -4.38. The van der Waals surface area contributed by atoms with E-state index in [-0.39, 0.29) is 18.9 Å². The predicted molar refractivity (Wildman–Crippen MR) is 78.2 cm³/mol. The number of nitriles is 1. The Hall–Kier alpha value is -2.81. The van der Waals surface area contributed by atoms with Crippen molar-refractivity contribution < 1.29 is 18.0 Å². The Bertz CT molecular complexity index is 731. The number of alkyl halides is 3. The molecule has 118 valence electrons. The predicted octanol–water partition coefficient (Wildman–Crippen LogP) is 3.44. The highest BCUT2D eigenvalue weighted by atomic mass is 19.4. The third-order valence-electron chi connectivity index (χ3n) is 3.19. The lowest BCUT2D eigenvalue weighted by molar-refractivity contribution is -0.137. The van der Waals surface area contributed by atoms with Gasteiger partial charge in [0, 0.05) is 6.54 Å². The molecule has 1 amide bonds. The molecular formula is C17H13F3N2O. The summed E-state index contributed by atoms with van der Waals surface area (Å²) < 4.78 is 37.4. The standard InChI is InChI=1S/C17H13F3N2O/c18-17(19,20)15-6-4-12(5-7-15)9-16(23)22-11-14-3-1-2-13(8-14)10-21/h1-8H,9,11H2,(H,22,23). The Morgan fingerprint density at radius 1 is 1.09 bits per heavy atom. The maximum absolute atomic E-state index is 12.5. The number of hydrogen-bond acceptors (Lipinski definition) is 2. The van der Waals surface area contributed by atoms with Crippen molar-refractivity contribution in [1.82, 2.24) is 5.32 Å². The van der Waals surface area contributed by atoms with Gasteiger partial charge in [-0.2, -0.15) is 18.4 Å². The van der Waals surface area contributed by atoms with Crippen LogP contribution in [0.1, 0.15) is 22.3 Å². The molecule has 2 aromatic rings. The SMILES string of the molecule is N#Cc1cccc(CNC(=O)Cc2ccc(C(F)(F)F)cc2)c1. The van der Waals surface area contributed by atoms with Gasteiger partial charge in [0.2, 0.25) is 5.91 Å². The van der Waals surface area contributed by atoms with E-state index in [2.05, 4.69) is 5.32 Å². The number of amides is 1. The zero-order valence-corrected chi connectivity index (χ0v) is 12.0. The monoisotopic (exact) mass is 318 g/mol. The molecule has 0 fully saturated rings. The maximum atomic E-state index is 12.5. The summed E-state index contributed by atoms with van der Waals surface area (Å²) in [7, 11) is 0.